The van der Waals surface area contributed by atoms with Gasteiger partial charge in [0.05, 0.1) is 6.26 Å². The first-order valence-electron chi connectivity index (χ1n) is 8.09. The van der Waals surface area contributed by atoms with E-state index in [2.05, 4.69) is 10.2 Å². The second kappa shape index (κ2) is 7.96. The predicted molar refractivity (Wildman–Crippen MR) is 95.4 cm³/mol. The Morgan fingerprint density at radius 1 is 1.25 bits per heavy atom. The van der Waals surface area contributed by atoms with E-state index >= 15 is 0 Å². The lowest BCUT2D eigenvalue weighted by atomic mass is 10.0. The summed E-state index contributed by atoms with van der Waals surface area (Å²) < 4.78 is 24.5. The standard InChI is InChI=1S/C16H26N4O3S/c1-18-16(21)15-6-5-14(17)12-13(15)4-3-7-19-8-10-20(11-9-19)24(2,22)23/h5-6,12H,3-4,7-11,17H2,1-2H3,(H,18,21). The zero-order valence-electron chi connectivity index (χ0n) is 14.3. The Balaban J connectivity index is 1.87. The molecule has 0 aliphatic carbocycles. The first kappa shape index (κ1) is 18.7. The molecule has 0 saturated carbocycles. The van der Waals surface area contributed by atoms with Crippen molar-refractivity contribution in [1.29, 1.82) is 0 Å². The average Bonchev–Trinajstić information content (AvgIpc) is 2.54. The molecule has 134 valence electrons. The van der Waals surface area contributed by atoms with E-state index in [-0.39, 0.29) is 5.91 Å². The highest BCUT2D eigenvalue weighted by molar-refractivity contribution is 7.88. The van der Waals surface area contributed by atoms with Crippen molar-refractivity contribution in [3.63, 3.8) is 0 Å². The highest BCUT2D eigenvalue weighted by Gasteiger charge is 2.23. The number of piperazine rings is 1. The summed E-state index contributed by atoms with van der Waals surface area (Å²) in [7, 11) is -1.47. The third-order valence-electron chi connectivity index (χ3n) is 4.32. The van der Waals surface area contributed by atoms with E-state index in [1.54, 1.807) is 19.2 Å². The van der Waals surface area contributed by atoms with Gasteiger partial charge in [-0.05, 0) is 43.1 Å². The fraction of sp³-hybridized carbons (Fsp3) is 0.562. The number of benzene rings is 1. The van der Waals surface area contributed by atoms with Gasteiger partial charge in [-0.3, -0.25) is 4.79 Å². The van der Waals surface area contributed by atoms with E-state index in [4.69, 9.17) is 5.73 Å². The maximum Gasteiger partial charge on any atom is 0.251 e. The smallest absolute Gasteiger partial charge is 0.251 e. The van der Waals surface area contributed by atoms with Crippen molar-refractivity contribution in [2.24, 2.45) is 0 Å². The molecular formula is C16H26N4O3S. The van der Waals surface area contributed by atoms with Crippen LogP contribution in [0.15, 0.2) is 18.2 Å². The van der Waals surface area contributed by atoms with Gasteiger partial charge in [0.1, 0.15) is 0 Å². The molecule has 3 N–H and O–H groups in total. The van der Waals surface area contributed by atoms with Gasteiger partial charge in [0.2, 0.25) is 10.0 Å². The largest absolute Gasteiger partial charge is 0.399 e. The summed E-state index contributed by atoms with van der Waals surface area (Å²) >= 11 is 0. The molecule has 1 aromatic carbocycles. The second-order valence-corrected chi connectivity index (χ2v) is 8.09. The maximum atomic E-state index is 11.9. The summed E-state index contributed by atoms with van der Waals surface area (Å²) in [6.45, 7) is 3.44. The summed E-state index contributed by atoms with van der Waals surface area (Å²) in [4.78, 5) is 14.2. The van der Waals surface area contributed by atoms with Crippen LogP contribution in [-0.2, 0) is 16.4 Å². The number of rotatable bonds is 6. The van der Waals surface area contributed by atoms with Crippen LogP contribution in [0.3, 0.4) is 0 Å². The van der Waals surface area contributed by atoms with Crippen LogP contribution in [0, 0.1) is 0 Å². The summed E-state index contributed by atoms with van der Waals surface area (Å²) in [5.41, 5.74) is 8.10. The molecule has 0 bridgehead atoms. The van der Waals surface area contributed by atoms with E-state index in [0.717, 1.165) is 38.0 Å². The van der Waals surface area contributed by atoms with E-state index in [0.29, 0.717) is 24.3 Å². The minimum absolute atomic E-state index is 0.105. The molecule has 2 rings (SSSR count). The Morgan fingerprint density at radius 3 is 2.50 bits per heavy atom. The van der Waals surface area contributed by atoms with Crippen molar-refractivity contribution < 1.29 is 13.2 Å². The number of amides is 1. The normalized spacial score (nSPS) is 16.9. The van der Waals surface area contributed by atoms with Gasteiger partial charge < -0.3 is 16.0 Å². The fourth-order valence-corrected chi connectivity index (χ4v) is 3.78. The zero-order valence-corrected chi connectivity index (χ0v) is 15.1. The van der Waals surface area contributed by atoms with E-state index in [9.17, 15) is 13.2 Å². The number of nitrogens with zero attached hydrogens (tertiary/aromatic N) is 2. The number of nitrogens with one attached hydrogen (secondary N) is 1. The summed E-state index contributed by atoms with van der Waals surface area (Å²) in [5, 5.41) is 2.65. The number of carbonyl (C=O) groups excluding carboxylic acids is 1. The number of hydrogen-bond acceptors (Lipinski definition) is 5. The molecule has 1 saturated heterocycles. The highest BCUT2D eigenvalue weighted by Crippen LogP contribution is 2.16. The van der Waals surface area contributed by atoms with Crippen LogP contribution < -0.4 is 11.1 Å². The minimum Gasteiger partial charge on any atom is -0.399 e. The summed E-state index contributed by atoms with van der Waals surface area (Å²) in [6.07, 6.45) is 2.91. The average molecular weight is 354 g/mol. The number of sulfonamides is 1. The molecule has 0 unspecified atom stereocenters. The molecule has 1 aromatic rings. The topological polar surface area (TPSA) is 95.7 Å². The van der Waals surface area contributed by atoms with Crippen LogP contribution in [0.1, 0.15) is 22.3 Å². The molecule has 8 heteroatoms. The number of hydrogen-bond donors (Lipinski definition) is 2. The number of aryl methyl sites for hydroxylation is 1. The lowest BCUT2D eigenvalue weighted by molar-refractivity contribution is 0.0962. The summed E-state index contributed by atoms with van der Waals surface area (Å²) in [5.74, 6) is -0.105. The third-order valence-corrected chi connectivity index (χ3v) is 5.62. The third kappa shape index (κ3) is 4.93. The van der Waals surface area contributed by atoms with Gasteiger partial charge in [-0.25, -0.2) is 8.42 Å². The van der Waals surface area contributed by atoms with Crippen molar-refractivity contribution in [2.45, 2.75) is 12.8 Å². The maximum absolute atomic E-state index is 11.9. The van der Waals surface area contributed by atoms with Crippen LogP contribution in [0.2, 0.25) is 0 Å². The molecule has 1 aliphatic heterocycles. The Kier molecular flexibility index (Phi) is 6.20. The molecule has 0 radical (unpaired) electrons. The van der Waals surface area contributed by atoms with Gasteiger partial charge in [-0.15, -0.1) is 0 Å². The number of nitrogen functional groups attached to an aromatic ring is 1. The highest BCUT2D eigenvalue weighted by atomic mass is 32.2. The van der Waals surface area contributed by atoms with Crippen molar-refractivity contribution in [3.8, 4) is 0 Å². The van der Waals surface area contributed by atoms with Crippen molar-refractivity contribution >= 4 is 21.6 Å². The monoisotopic (exact) mass is 354 g/mol. The van der Waals surface area contributed by atoms with Crippen LogP contribution in [-0.4, -0.2) is 69.6 Å². The minimum atomic E-state index is -3.09. The predicted octanol–water partition coefficient (Wildman–Crippen LogP) is 0.138. The lowest BCUT2D eigenvalue weighted by Crippen LogP contribution is -2.48. The molecular weight excluding hydrogens is 328 g/mol. The molecule has 7 nitrogen and oxygen atoms in total. The Labute approximate surface area is 143 Å². The molecule has 0 atom stereocenters. The first-order chi connectivity index (χ1) is 11.3. The Hall–Kier alpha value is -1.64. The van der Waals surface area contributed by atoms with Crippen LogP contribution in [0.5, 0.6) is 0 Å². The lowest BCUT2D eigenvalue weighted by Gasteiger charge is -2.33. The molecule has 0 spiro atoms. The fourth-order valence-electron chi connectivity index (χ4n) is 2.95. The van der Waals surface area contributed by atoms with Crippen molar-refractivity contribution in [1.82, 2.24) is 14.5 Å². The Morgan fingerprint density at radius 2 is 1.92 bits per heavy atom. The van der Waals surface area contributed by atoms with Gasteiger partial charge in [0, 0.05) is 44.5 Å². The van der Waals surface area contributed by atoms with E-state index < -0.39 is 10.0 Å². The zero-order chi connectivity index (χ0) is 17.7. The molecule has 1 heterocycles. The van der Waals surface area contributed by atoms with E-state index in [1.165, 1.54) is 10.6 Å². The molecule has 1 fully saturated rings. The van der Waals surface area contributed by atoms with E-state index in [1.807, 2.05) is 6.07 Å². The van der Waals surface area contributed by atoms with Crippen LogP contribution in [0.4, 0.5) is 5.69 Å². The molecule has 1 amide bonds. The molecule has 1 aliphatic rings. The van der Waals surface area contributed by atoms with Crippen molar-refractivity contribution in [3.05, 3.63) is 29.3 Å². The van der Waals surface area contributed by atoms with Gasteiger partial charge in [0.25, 0.3) is 5.91 Å². The van der Waals surface area contributed by atoms with Gasteiger partial charge in [0.15, 0.2) is 0 Å². The second-order valence-electron chi connectivity index (χ2n) is 6.10. The van der Waals surface area contributed by atoms with Crippen molar-refractivity contribution in [2.75, 3.05) is 51.8 Å². The van der Waals surface area contributed by atoms with Gasteiger partial charge in [-0.1, -0.05) is 0 Å². The van der Waals surface area contributed by atoms with Gasteiger partial charge in [-0.2, -0.15) is 4.31 Å². The van der Waals surface area contributed by atoms with Gasteiger partial charge >= 0.3 is 0 Å². The molecule has 0 aromatic heterocycles. The number of carbonyl (C=O) groups is 1. The number of anilines is 1. The van der Waals surface area contributed by atoms with Crippen LogP contribution in [0.25, 0.3) is 0 Å². The summed E-state index contributed by atoms with van der Waals surface area (Å²) in [6, 6.07) is 5.35. The quantitative estimate of drug-likeness (QED) is 0.709. The first-order valence-corrected chi connectivity index (χ1v) is 9.94. The Bertz CT molecular complexity index is 683. The van der Waals surface area contributed by atoms with Crippen LogP contribution >= 0.6 is 0 Å². The number of nitrogens with two attached hydrogens (primary N) is 1. The molecule has 24 heavy (non-hydrogen) atoms. The SMILES string of the molecule is CNC(=O)c1ccc(N)cc1CCCN1CCN(S(C)(=O)=O)CC1.